The molecule has 1 saturated heterocycles. The minimum atomic E-state index is -2.69. The number of piperazine rings is 1. The highest BCUT2D eigenvalue weighted by Gasteiger charge is 2.23. The predicted molar refractivity (Wildman–Crippen MR) is 127 cm³/mol. The van der Waals surface area contributed by atoms with Crippen LogP contribution in [-0.2, 0) is 6.54 Å². The van der Waals surface area contributed by atoms with Crippen molar-refractivity contribution in [3.63, 3.8) is 0 Å². The minimum Gasteiger partial charge on any atom is -0.340 e. The standard InChI is InChI=1S/C24H24ClF4N5/c1-15(13-33-8-6-30-7-9-33)34(18-4-5-20(26)19(25)11-18)14-17-3-2-16(10-21(17)27)22-12-23(24(28)29)32-31-22/h2-5,10-11,24,30H,1,6-9,12-14H2. The molecule has 10 heteroatoms. The maximum Gasteiger partial charge on any atom is 0.278 e. The molecule has 34 heavy (non-hydrogen) atoms. The first-order valence-corrected chi connectivity index (χ1v) is 11.2. The maximum absolute atomic E-state index is 15.1. The maximum atomic E-state index is 15.1. The van der Waals surface area contributed by atoms with Gasteiger partial charge in [-0.15, -0.1) is 0 Å². The van der Waals surface area contributed by atoms with Gasteiger partial charge in [-0.05, 0) is 24.3 Å². The molecule has 2 heterocycles. The van der Waals surface area contributed by atoms with E-state index < -0.39 is 18.1 Å². The van der Waals surface area contributed by atoms with Crippen LogP contribution in [0.2, 0.25) is 5.02 Å². The molecule has 180 valence electrons. The van der Waals surface area contributed by atoms with Gasteiger partial charge < -0.3 is 10.2 Å². The normalized spacial score (nSPS) is 16.5. The van der Waals surface area contributed by atoms with E-state index in [-0.39, 0.29) is 23.7 Å². The lowest BCUT2D eigenvalue weighted by molar-refractivity contribution is 0.224. The number of rotatable bonds is 8. The summed E-state index contributed by atoms with van der Waals surface area (Å²) in [4.78, 5) is 4.03. The minimum absolute atomic E-state index is 0.0395. The Labute approximate surface area is 200 Å². The molecule has 2 aromatic carbocycles. The lowest BCUT2D eigenvalue weighted by atomic mass is 10.0. The van der Waals surface area contributed by atoms with E-state index in [0.717, 1.165) is 26.2 Å². The van der Waals surface area contributed by atoms with E-state index in [1.165, 1.54) is 18.2 Å². The molecule has 2 aliphatic heterocycles. The average molecular weight is 494 g/mol. The SMILES string of the molecule is C=C(CN1CCNCC1)N(Cc1ccc(C2=NN=C(C(F)F)C2)cc1F)c1ccc(F)c(Cl)c1. The number of halogens is 5. The van der Waals surface area contributed by atoms with Gasteiger partial charge in [0.05, 0.1) is 17.3 Å². The Morgan fingerprint density at radius 3 is 2.50 bits per heavy atom. The molecule has 2 aromatic rings. The van der Waals surface area contributed by atoms with E-state index >= 15 is 4.39 Å². The molecule has 4 rings (SSSR count). The molecule has 2 aliphatic rings. The van der Waals surface area contributed by atoms with Gasteiger partial charge in [0, 0.05) is 61.7 Å². The fraction of sp³-hybridized carbons (Fsp3) is 0.333. The van der Waals surface area contributed by atoms with Crippen LogP contribution in [0.3, 0.4) is 0 Å². The molecule has 0 atom stereocenters. The van der Waals surface area contributed by atoms with Crippen molar-refractivity contribution in [1.82, 2.24) is 10.2 Å². The van der Waals surface area contributed by atoms with Gasteiger partial charge in [-0.3, -0.25) is 4.90 Å². The first kappa shape index (κ1) is 24.4. The van der Waals surface area contributed by atoms with Crippen molar-refractivity contribution in [2.24, 2.45) is 10.2 Å². The Bertz CT molecular complexity index is 1130. The van der Waals surface area contributed by atoms with Gasteiger partial charge in [-0.2, -0.15) is 10.2 Å². The zero-order chi connectivity index (χ0) is 24.2. The molecule has 0 aromatic heterocycles. The molecule has 0 radical (unpaired) electrons. The summed E-state index contributed by atoms with van der Waals surface area (Å²) in [6.45, 7) is 8.33. The molecule has 0 bridgehead atoms. The molecule has 0 aliphatic carbocycles. The summed E-state index contributed by atoms with van der Waals surface area (Å²) in [5.41, 5.74) is 2.03. The van der Waals surface area contributed by atoms with Crippen LogP contribution in [0.1, 0.15) is 17.5 Å². The van der Waals surface area contributed by atoms with Crippen LogP contribution in [0, 0.1) is 11.6 Å². The Morgan fingerprint density at radius 1 is 1.09 bits per heavy atom. The molecule has 1 fully saturated rings. The smallest absolute Gasteiger partial charge is 0.278 e. The topological polar surface area (TPSA) is 43.2 Å². The Kier molecular flexibility index (Phi) is 7.65. The van der Waals surface area contributed by atoms with Gasteiger partial charge in [0.15, 0.2) is 0 Å². The lowest BCUT2D eigenvalue weighted by Crippen LogP contribution is -2.45. The molecule has 1 N–H and O–H groups in total. The highest BCUT2D eigenvalue weighted by Crippen LogP contribution is 2.28. The van der Waals surface area contributed by atoms with Crippen molar-refractivity contribution in [3.8, 4) is 0 Å². The number of hydrogen-bond donors (Lipinski definition) is 1. The van der Waals surface area contributed by atoms with Gasteiger partial charge >= 0.3 is 0 Å². The van der Waals surface area contributed by atoms with Crippen molar-refractivity contribution < 1.29 is 17.6 Å². The summed E-state index contributed by atoms with van der Waals surface area (Å²) in [5.74, 6) is -1.06. The molecular weight excluding hydrogens is 470 g/mol. The second-order valence-corrected chi connectivity index (χ2v) is 8.61. The van der Waals surface area contributed by atoms with Crippen molar-refractivity contribution in [2.75, 3.05) is 37.6 Å². The number of benzene rings is 2. The zero-order valence-electron chi connectivity index (χ0n) is 18.4. The van der Waals surface area contributed by atoms with Crippen LogP contribution < -0.4 is 10.2 Å². The first-order valence-electron chi connectivity index (χ1n) is 10.9. The predicted octanol–water partition coefficient (Wildman–Crippen LogP) is 4.86. The van der Waals surface area contributed by atoms with E-state index in [1.54, 1.807) is 23.1 Å². The third kappa shape index (κ3) is 5.65. The highest BCUT2D eigenvalue weighted by molar-refractivity contribution is 6.31. The van der Waals surface area contributed by atoms with Gasteiger partial charge in [-0.1, -0.05) is 30.3 Å². The number of nitrogens with one attached hydrogen (secondary N) is 1. The van der Waals surface area contributed by atoms with Crippen molar-refractivity contribution >= 4 is 28.7 Å². The summed E-state index contributed by atoms with van der Waals surface area (Å²) in [6, 6.07) is 8.82. The van der Waals surface area contributed by atoms with Crippen molar-refractivity contribution in [3.05, 3.63) is 76.5 Å². The summed E-state index contributed by atoms with van der Waals surface area (Å²) in [6.07, 6.45) is -2.80. The van der Waals surface area contributed by atoms with Crippen molar-refractivity contribution in [1.29, 1.82) is 0 Å². The number of anilines is 1. The largest absolute Gasteiger partial charge is 0.340 e. The number of hydrogen-bond acceptors (Lipinski definition) is 5. The second kappa shape index (κ2) is 10.7. The van der Waals surface area contributed by atoms with Crippen LogP contribution in [0.4, 0.5) is 23.2 Å². The van der Waals surface area contributed by atoms with Gasteiger partial charge in [0.1, 0.15) is 17.3 Å². The van der Waals surface area contributed by atoms with E-state index in [4.69, 9.17) is 11.6 Å². The van der Waals surface area contributed by atoms with Crippen molar-refractivity contribution in [2.45, 2.75) is 19.4 Å². The number of alkyl halides is 2. The first-order chi connectivity index (χ1) is 16.3. The van der Waals surface area contributed by atoms with Crippen LogP contribution in [-0.4, -0.2) is 55.5 Å². The third-order valence-electron chi connectivity index (χ3n) is 5.83. The second-order valence-electron chi connectivity index (χ2n) is 8.20. The molecule has 0 unspecified atom stereocenters. The Balaban J connectivity index is 1.55. The molecule has 5 nitrogen and oxygen atoms in total. The summed E-state index contributed by atoms with van der Waals surface area (Å²) in [5, 5.41) is 10.5. The quantitative estimate of drug-likeness (QED) is 0.534. The Morgan fingerprint density at radius 2 is 1.85 bits per heavy atom. The van der Waals surface area contributed by atoms with Crippen LogP contribution in [0.15, 0.2) is 58.9 Å². The molecular formula is C24H24ClF4N5. The van der Waals surface area contributed by atoms with Crippen LogP contribution in [0.5, 0.6) is 0 Å². The summed E-state index contributed by atoms with van der Waals surface area (Å²) in [7, 11) is 0. The lowest BCUT2D eigenvalue weighted by Gasteiger charge is -2.33. The summed E-state index contributed by atoms with van der Waals surface area (Å²) < 4.78 is 54.6. The van der Waals surface area contributed by atoms with E-state index in [1.807, 2.05) is 0 Å². The van der Waals surface area contributed by atoms with E-state index in [2.05, 4.69) is 27.0 Å². The highest BCUT2D eigenvalue weighted by atomic mass is 35.5. The van der Waals surface area contributed by atoms with Crippen LogP contribution >= 0.6 is 11.6 Å². The summed E-state index contributed by atoms with van der Waals surface area (Å²) >= 11 is 6.01. The van der Waals surface area contributed by atoms with Crippen LogP contribution in [0.25, 0.3) is 0 Å². The Hall–Kier alpha value is -2.75. The fourth-order valence-electron chi connectivity index (χ4n) is 3.92. The van der Waals surface area contributed by atoms with Gasteiger partial charge in [0.2, 0.25) is 0 Å². The number of nitrogens with zero attached hydrogens (tertiary/aromatic N) is 4. The zero-order valence-corrected chi connectivity index (χ0v) is 19.1. The van der Waals surface area contributed by atoms with E-state index in [9.17, 15) is 13.2 Å². The molecule has 0 spiro atoms. The third-order valence-corrected chi connectivity index (χ3v) is 6.12. The molecule has 0 amide bonds. The fourth-order valence-corrected chi connectivity index (χ4v) is 4.10. The molecule has 0 saturated carbocycles. The van der Waals surface area contributed by atoms with E-state index in [0.29, 0.717) is 34.8 Å². The van der Waals surface area contributed by atoms with Gasteiger partial charge in [0.25, 0.3) is 6.43 Å². The van der Waals surface area contributed by atoms with Gasteiger partial charge in [-0.25, -0.2) is 17.6 Å². The monoisotopic (exact) mass is 493 g/mol. The average Bonchev–Trinajstić information content (AvgIpc) is 3.31.